The number of hydrogen-bond donors (Lipinski definition) is 2. The first-order chi connectivity index (χ1) is 14.1. The molecular formula is C23H40IN5O. The maximum Gasteiger partial charge on any atom is 0.191 e. The molecule has 30 heavy (non-hydrogen) atoms. The molecule has 6 nitrogen and oxygen atoms in total. The number of nitrogens with zero attached hydrogens (tertiary/aromatic N) is 3. The molecule has 0 spiro atoms. The van der Waals surface area contributed by atoms with Crippen LogP contribution >= 0.6 is 24.0 Å². The number of benzene rings is 1. The van der Waals surface area contributed by atoms with E-state index in [-0.39, 0.29) is 29.5 Å². The fourth-order valence-electron chi connectivity index (χ4n) is 4.63. The highest BCUT2D eigenvalue weighted by Crippen LogP contribution is 2.33. The number of guanidine groups is 1. The maximum absolute atomic E-state index is 5.60. The molecule has 2 aliphatic rings. The zero-order valence-corrected chi connectivity index (χ0v) is 21.3. The minimum Gasteiger partial charge on any atom is -0.379 e. The predicted molar refractivity (Wildman–Crippen MR) is 136 cm³/mol. The van der Waals surface area contributed by atoms with Crippen LogP contribution in [0.2, 0.25) is 0 Å². The average Bonchev–Trinajstić information content (AvgIpc) is 2.76. The van der Waals surface area contributed by atoms with E-state index >= 15 is 0 Å². The van der Waals surface area contributed by atoms with Gasteiger partial charge in [-0.15, -0.1) is 24.0 Å². The van der Waals surface area contributed by atoms with Crippen LogP contribution in [0.5, 0.6) is 0 Å². The van der Waals surface area contributed by atoms with Crippen molar-refractivity contribution in [2.75, 3.05) is 54.0 Å². The lowest BCUT2D eigenvalue weighted by molar-refractivity contribution is -0.0352. The maximum atomic E-state index is 5.60. The number of morpholine rings is 1. The van der Waals surface area contributed by atoms with E-state index < -0.39 is 0 Å². The molecule has 3 rings (SSSR count). The van der Waals surface area contributed by atoms with Crippen molar-refractivity contribution in [3.05, 3.63) is 35.4 Å². The molecule has 1 aromatic rings. The molecule has 170 valence electrons. The molecule has 2 N–H and O–H groups in total. The monoisotopic (exact) mass is 529 g/mol. The van der Waals surface area contributed by atoms with Crippen LogP contribution in [0, 0.1) is 0 Å². The second kappa shape index (κ2) is 12.8. The number of halogens is 1. The Morgan fingerprint density at radius 3 is 2.27 bits per heavy atom. The Kier molecular flexibility index (Phi) is 10.8. The summed E-state index contributed by atoms with van der Waals surface area (Å²) in [4.78, 5) is 9.32. The van der Waals surface area contributed by atoms with Gasteiger partial charge in [-0.3, -0.25) is 9.89 Å². The van der Waals surface area contributed by atoms with Gasteiger partial charge in [-0.2, -0.15) is 0 Å². The standard InChI is InChI=1S/C23H39N5O.HI/c1-24-22(25-17-20-7-9-21(10-8-20)18-27(2)3)26-19-23(11-5-4-6-12-23)28-13-15-29-16-14-28;/h7-10H,4-6,11-19H2,1-3H3,(H2,24,25,26);1H. The highest BCUT2D eigenvalue weighted by Gasteiger charge is 2.38. The van der Waals surface area contributed by atoms with Gasteiger partial charge >= 0.3 is 0 Å². The lowest BCUT2D eigenvalue weighted by atomic mass is 9.80. The molecule has 0 atom stereocenters. The summed E-state index contributed by atoms with van der Waals surface area (Å²) in [6, 6.07) is 8.83. The van der Waals surface area contributed by atoms with Gasteiger partial charge in [0, 0.05) is 45.3 Å². The van der Waals surface area contributed by atoms with Crippen molar-refractivity contribution in [1.29, 1.82) is 0 Å². The Morgan fingerprint density at radius 1 is 1.03 bits per heavy atom. The fraction of sp³-hybridized carbons (Fsp3) is 0.696. The zero-order chi connectivity index (χ0) is 20.5. The second-order valence-electron chi connectivity index (χ2n) is 8.72. The van der Waals surface area contributed by atoms with Crippen LogP contribution in [0.4, 0.5) is 0 Å². The topological polar surface area (TPSA) is 52.1 Å². The van der Waals surface area contributed by atoms with E-state index in [9.17, 15) is 0 Å². The van der Waals surface area contributed by atoms with Gasteiger partial charge in [-0.05, 0) is 38.1 Å². The van der Waals surface area contributed by atoms with Crippen molar-refractivity contribution >= 4 is 29.9 Å². The van der Waals surface area contributed by atoms with E-state index in [1.165, 1.54) is 43.2 Å². The van der Waals surface area contributed by atoms with E-state index in [0.29, 0.717) is 0 Å². The molecular weight excluding hydrogens is 489 g/mol. The molecule has 1 aromatic carbocycles. The van der Waals surface area contributed by atoms with Gasteiger partial charge in [0.05, 0.1) is 13.2 Å². The third-order valence-electron chi connectivity index (χ3n) is 6.26. The lowest BCUT2D eigenvalue weighted by Crippen LogP contribution is -2.60. The second-order valence-corrected chi connectivity index (χ2v) is 8.72. The van der Waals surface area contributed by atoms with Crippen molar-refractivity contribution in [2.24, 2.45) is 4.99 Å². The van der Waals surface area contributed by atoms with Gasteiger partial charge in [0.25, 0.3) is 0 Å². The number of rotatable bonds is 7. The number of hydrogen-bond acceptors (Lipinski definition) is 4. The lowest BCUT2D eigenvalue weighted by Gasteiger charge is -2.48. The summed E-state index contributed by atoms with van der Waals surface area (Å²) in [6.45, 7) is 6.53. The van der Waals surface area contributed by atoms with Crippen LogP contribution in [0.15, 0.2) is 29.3 Å². The Morgan fingerprint density at radius 2 is 1.67 bits per heavy atom. The Bertz CT molecular complexity index is 637. The summed E-state index contributed by atoms with van der Waals surface area (Å²) in [6.07, 6.45) is 6.55. The molecule has 1 saturated carbocycles. The Balaban J connectivity index is 0.00000320. The number of aliphatic imine (C=N–C) groups is 1. The molecule has 0 unspecified atom stereocenters. The summed E-state index contributed by atoms with van der Waals surface area (Å²) in [5, 5.41) is 7.13. The average molecular weight is 530 g/mol. The molecule has 1 heterocycles. The minimum atomic E-state index is 0. The van der Waals surface area contributed by atoms with Gasteiger partial charge in [0.1, 0.15) is 0 Å². The quantitative estimate of drug-likeness (QED) is 0.323. The first-order valence-corrected chi connectivity index (χ1v) is 11.1. The summed E-state index contributed by atoms with van der Waals surface area (Å²) in [5.41, 5.74) is 2.86. The predicted octanol–water partition coefficient (Wildman–Crippen LogP) is 3.07. The molecule has 7 heteroatoms. The van der Waals surface area contributed by atoms with Crippen LogP contribution in [0.1, 0.15) is 43.2 Å². The summed E-state index contributed by atoms with van der Waals surface area (Å²) in [5.74, 6) is 0.889. The van der Waals surface area contributed by atoms with Crippen LogP contribution in [0.25, 0.3) is 0 Å². The van der Waals surface area contributed by atoms with Gasteiger partial charge < -0.3 is 20.3 Å². The molecule has 0 bridgehead atoms. The summed E-state index contributed by atoms with van der Waals surface area (Å²) >= 11 is 0. The normalized spacial score (nSPS) is 19.9. The Labute approximate surface area is 199 Å². The van der Waals surface area contributed by atoms with E-state index in [1.807, 2.05) is 7.05 Å². The molecule has 0 radical (unpaired) electrons. The molecule has 1 aliphatic carbocycles. The first kappa shape index (κ1) is 25.4. The van der Waals surface area contributed by atoms with Crippen LogP contribution in [-0.2, 0) is 17.8 Å². The summed E-state index contributed by atoms with van der Waals surface area (Å²) < 4.78 is 5.60. The molecule has 0 aromatic heterocycles. The highest BCUT2D eigenvalue weighted by atomic mass is 127. The van der Waals surface area contributed by atoms with E-state index in [1.54, 1.807) is 0 Å². The minimum absolute atomic E-state index is 0. The SMILES string of the molecule is CN=C(NCc1ccc(CN(C)C)cc1)NCC1(N2CCOCC2)CCCCC1.I. The van der Waals surface area contributed by atoms with Crippen molar-refractivity contribution in [3.63, 3.8) is 0 Å². The smallest absolute Gasteiger partial charge is 0.191 e. The number of ether oxygens (including phenoxy) is 1. The van der Waals surface area contributed by atoms with Crippen LogP contribution in [0.3, 0.4) is 0 Å². The van der Waals surface area contributed by atoms with Crippen LogP contribution in [-0.4, -0.2) is 75.3 Å². The molecule has 1 saturated heterocycles. The van der Waals surface area contributed by atoms with Gasteiger partial charge in [-0.25, -0.2) is 0 Å². The molecule has 2 fully saturated rings. The van der Waals surface area contributed by atoms with Crippen molar-refractivity contribution in [2.45, 2.75) is 50.7 Å². The van der Waals surface area contributed by atoms with Gasteiger partial charge in [0.15, 0.2) is 5.96 Å². The van der Waals surface area contributed by atoms with Crippen molar-refractivity contribution < 1.29 is 4.74 Å². The zero-order valence-electron chi connectivity index (χ0n) is 19.0. The van der Waals surface area contributed by atoms with Crippen molar-refractivity contribution in [3.8, 4) is 0 Å². The highest BCUT2D eigenvalue weighted by molar-refractivity contribution is 14.0. The Hall–Kier alpha value is -0.900. The van der Waals surface area contributed by atoms with Crippen LogP contribution < -0.4 is 10.6 Å². The number of nitrogens with one attached hydrogen (secondary N) is 2. The largest absolute Gasteiger partial charge is 0.379 e. The third kappa shape index (κ3) is 7.35. The van der Waals surface area contributed by atoms with E-state index in [4.69, 9.17) is 4.74 Å². The summed E-state index contributed by atoms with van der Waals surface area (Å²) in [7, 11) is 6.06. The molecule has 0 amide bonds. The fourth-order valence-corrected chi connectivity index (χ4v) is 4.63. The van der Waals surface area contributed by atoms with Gasteiger partial charge in [0.2, 0.25) is 0 Å². The van der Waals surface area contributed by atoms with E-state index in [0.717, 1.165) is 51.9 Å². The molecule has 1 aliphatic heterocycles. The van der Waals surface area contributed by atoms with Crippen molar-refractivity contribution in [1.82, 2.24) is 20.4 Å². The first-order valence-electron chi connectivity index (χ1n) is 11.1. The third-order valence-corrected chi connectivity index (χ3v) is 6.26. The van der Waals surface area contributed by atoms with E-state index in [2.05, 4.69) is 63.8 Å². The van der Waals surface area contributed by atoms with Gasteiger partial charge in [-0.1, -0.05) is 43.5 Å².